The van der Waals surface area contributed by atoms with Crippen LogP contribution in [-0.2, 0) is 19.6 Å². The van der Waals surface area contributed by atoms with Gasteiger partial charge in [-0.05, 0) is 87.0 Å². The van der Waals surface area contributed by atoms with Crippen molar-refractivity contribution in [2.24, 2.45) is 17.3 Å². The Morgan fingerprint density at radius 2 is 1.77 bits per heavy atom. The molecule has 0 aromatic heterocycles. The average molecular weight is 498 g/mol. The number of Topliss-reactive ketones (excluding diaryl/α,β-unsaturated/α-hetero) is 1. The van der Waals surface area contributed by atoms with E-state index in [1.807, 2.05) is 0 Å². The molecule has 3 unspecified atom stereocenters. The normalized spacial score (nSPS) is 33.2. The van der Waals surface area contributed by atoms with E-state index in [1.165, 1.54) is 43.5 Å². The Morgan fingerprint density at radius 3 is 2.30 bits per heavy atom. The largest absolute Gasteiger partial charge is 0.454 e. The minimum absolute atomic E-state index is 0.00635. The molecule has 4 aliphatic rings. The first-order valence-corrected chi connectivity index (χ1v) is 13.1. The lowest BCUT2D eigenvalue weighted by Crippen LogP contribution is -2.53. The number of alkyl halides is 1. The lowest BCUT2D eigenvalue weighted by molar-refractivity contribution is -0.153. The Bertz CT molecular complexity index is 944. The molecule has 4 fully saturated rings. The number of sulfonamides is 1. The van der Waals surface area contributed by atoms with Crippen LogP contribution in [0, 0.1) is 17.3 Å². The molecule has 6 nitrogen and oxygen atoms in total. The van der Waals surface area contributed by atoms with Gasteiger partial charge in [-0.25, -0.2) is 8.42 Å². The van der Waals surface area contributed by atoms with Gasteiger partial charge in [0.2, 0.25) is 15.8 Å². The summed E-state index contributed by atoms with van der Waals surface area (Å²) in [5.41, 5.74) is 0.764. The molecule has 30 heavy (non-hydrogen) atoms. The van der Waals surface area contributed by atoms with Crippen LogP contribution in [0.1, 0.15) is 62.2 Å². The fraction of sp³-hybridized carbons (Fsp3) is 0.636. The van der Waals surface area contributed by atoms with Gasteiger partial charge in [0.1, 0.15) is 0 Å². The second-order valence-electron chi connectivity index (χ2n) is 9.74. The summed E-state index contributed by atoms with van der Waals surface area (Å²) in [6.45, 7) is 1.59. The van der Waals surface area contributed by atoms with E-state index in [4.69, 9.17) is 4.74 Å². The molecular formula is C22H28BrNO5S. The molecule has 0 amide bonds. The number of nitrogens with one attached hydrogen (secondary N) is 1. The number of benzene rings is 1. The van der Waals surface area contributed by atoms with Crippen molar-refractivity contribution < 1.29 is 22.7 Å². The zero-order valence-electron chi connectivity index (χ0n) is 17.3. The van der Waals surface area contributed by atoms with E-state index in [1.54, 1.807) is 6.92 Å². The number of carbonyl (C=O) groups is 2. The van der Waals surface area contributed by atoms with Crippen molar-refractivity contribution in [3.63, 3.8) is 0 Å². The first-order valence-electron chi connectivity index (χ1n) is 10.4. The number of carbonyl (C=O) groups excluding carboxylic acids is 2. The maximum absolute atomic E-state index is 12.7. The van der Waals surface area contributed by atoms with Crippen molar-refractivity contribution in [1.29, 1.82) is 0 Å². The second kappa shape index (κ2) is 7.62. The van der Waals surface area contributed by atoms with Crippen molar-refractivity contribution in [2.45, 2.75) is 62.3 Å². The first-order chi connectivity index (χ1) is 13.9. The molecular weight excluding hydrogens is 470 g/mol. The summed E-state index contributed by atoms with van der Waals surface area (Å²) in [5.74, 6) is 0.786. The van der Waals surface area contributed by atoms with Gasteiger partial charge in [-0.3, -0.25) is 14.3 Å². The van der Waals surface area contributed by atoms with Crippen LogP contribution in [0.25, 0.3) is 0 Å². The van der Waals surface area contributed by atoms with Gasteiger partial charge < -0.3 is 4.74 Å². The summed E-state index contributed by atoms with van der Waals surface area (Å²) in [7, 11) is -3.38. The number of hydrogen-bond acceptors (Lipinski definition) is 5. The molecule has 1 aromatic rings. The lowest BCUT2D eigenvalue weighted by Gasteiger charge is -2.60. The van der Waals surface area contributed by atoms with Gasteiger partial charge in [-0.2, -0.15) is 0 Å². The van der Waals surface area contributed by atoms with E-state index < -0.39 is 16.1 Å². The van der Waals surface area contributed by atoms with E-state index in [2.05, 4.69) is 20.7 Å². The number of hydrogen-bond donors (Lipinski definition) is 1. The number of rotatable bonds is 7. The van der Waals surface area contributed by atoms with Crippen molar-refractivity contribution >= 4 is 43.4 Å². The van der Waals surface area contributed by atoms with Crippen LogP contribution in [-0.4, -0.2) is 36.9 Å². The molecule has 1 aromatic carbocycles. The molecule has 164 valence electrons. The van der Waals surface area contributed by atoms with Crippen LogP contribution in [0.5, 0.6) is 0 Å². The molecule has 0 saturated heterocycles. The quantitative estimate of drug-likeness (QED) is 0.344. The third kappa shape index (κ3) is 4.74. The summed E-state index contributed by atoms with van der Waals surface area (Å²) >= 11 is 3.96. The SMILES string of the molecule is CC(OC(=O)CC12CC3CC(CC(Br)(C3)C1)C2)C(=O)c1ccc(NS(C)(=O)=O)cc1. The van der Waals surface area contributed by atoms with Gasteiger partial charge in [-0.15, -0.1) is 0 Å². The van der Waals surface area contributed by atoms with Crippen molar-refractivity contribution in [3.8, 4) is 0 Å². The van der Waals surface area contributed by atoms with Crippen molar-refractivity contribution in [2.75, 3.05) is 11.0 Å². The van der Waals surface area contributed by atoms with Gasteiger partial charge in [0.05, 0.1) is 12.7 Å². The number of esters is 1. The summed E-state index contributed by atoms with van der Waals surface area (Å²) in [6, 6.07) is 6.11. The number of ketones is 1. The third-order valence-corrected chi connectivity index (χ3v) is 8.31. The predicted molar refractivity (Wildman–Crippen MR) is 118 cm³/mol. The Hall–Kier alpha value is -1.41. The lowest BCUT2D eigenvalue weighted by atomic mass is 9.49. The monoisotopic (exact) mass is 497 g/mol. The molecule has 0 spiro atoms. The van der Waals surface area contributed by atoms with E-state index in [9.17, 15) is 18.0 Å². The average Bonchev–Trinajstić information content (AvgIpc) is 2.57. The van der Waals surface area contributed by atoms with Crippen molar-refractivity contribution in [1.82, 2.24) is 0 Å². The van der Waals surface area contributed by atoms with Gasteiger partial charge in [0.15, 0.2) is 6.10 Å². The summed E-state index contributed by atoms with van der Waals surface area (Å²) in [6.07, 6.45) is 7.45. The van der Waals surface area contributed by atoms with Crippen LogP contribution in [0.2, 0.25) is 0 Å². The zero-order chi connectivity index (χ0) is 21.7. The Balaban J connectivity index is 1.36. The molecule has 0 aliphatic heterocycles. The fourth-order valence-electron chi connectivity index (χ4n) is 6.29. The number of ether oxygens (including phenoxy) is 1. The van der Waals surface area contributed by atoms with Gasteiger partial charge >= 0.3 is 5.97 Å². The van der Waals surface area contributed by atoms with E-state index in [-0.39, 0.29) is 21.5 Å². The maximum atomic E-state index is 12.7. The van der Waals surface area contributed by atoms with Crippen LogP contribution < -0.4 is 4.72 Å². The highest BCUT2D eigenvalue weighted by molar-refractivity contribution is 9.10. The highest BCUT2D eigenvalue weighted by atomic mass is 79.9. The smallest absolute Gasteiger partial charge is 0.307 e. The molecule has 1 N–H and O–H groups in total. The van der Waals surface area contributed by atoms with Gasteiger partial charge in [-0.1, -0.05) is 15.9 Å². The van der Waals surface area contributed by atoms with Crippen molar-refractivity contribution in [3.05, 3.63) is 29.8 Å². The first kappa shape index (κ1) is 21.8. The summed E-state index contributed by atoms with van der Waals surface area (Å²) in [4.78, 5) is 25.4. The summed E-state index contributed by atoms with van der Waals surface area (Å²) < 4.78 is 30.7. The standard InChI is InChI=1S/C22H28BrNO5S/c1-14(20(26)17-3-5-18(6-4-17)24-30(2,27)28)29-19(25)12-21-8-15-7-16(9-21)11-22(23,10-15)13-21/h3-6,14-16,24H,7-13H2,1-2H3. The molecule has 3 atom stereocenters. The predicted octanol–water partition coefficient (Wildman–Crippen LogP) is 4.30. The van der Waals surface area contributed by atoms with E-state index in [0.29, 0.717) is 29.5 Å². The van der Waals surface area contributed by atoms with Crippen LogP contribution in [0.3, 0.4) is 0 Å². The van der Waals surface area contributed by atoms with Crippen LogP contribution >= 0.6 is 15.9 Å². The fourth-order valence-corrected chi connectivity index (χ4v) is 8.37. The Morgan fingerprint density at radius 1 is 1.17 bits per heavy atom. The topological polar surface area (TPSA) is 89.5 Å². The Labute approximate surface area is 186 Å². The minimum Gasteiger partial charge on any atom is -0.454 e. The minimum atomic E-state index is -3.38. The van der Waals surface area contributed by atoms with E-state index in [0.717, 1.165) is 25.5 Å². The molecule has 8 heteroatoms. The highest BCUT2D eigenvalue weighted by Gasteiger charge is 2.57. The molecule has 4 aliphatic carbocycles. The molecule has 0 heterocycles. The molecule has 0 radical (unpaired) electrons. The molecule has 4 bridgehead atoms. The van der Waals surface area contributed by atoms with Gasteiger partial charge in [0, 0.05) is 15.6 Å². The summed E-state index contributed by atoms with van der Waals surface area (Å²) in [5, 5.41) is 0. The maximum Gasteiger partial charge on any atom is 0.307 e. The van der Waals surface area contributed by atoms with Crippen LogP contribution in [0.4, 0.5) is 5.69 Å². The highest BCUT2D eigenvalue weighted by Crippen LogP contribution is 2.65. The third-order valence-electron chi connectivity index (χ3n) is 6.78. The Kier molecular flexibility index (Phi) is 5.54. The zero-order valence-corrected chi connectivity index (χ0v) is 19.7. The number of anilines is 1. The van der Waals surface area contributed by atoms with Gasteiger partial charge in [0.25, 0.3) is 0 Å². The molecule has 4 saturated carbocycles. The van der Waals surface area contributed by atoms with Crippen LogP contribution in [0.15, 0.2) is 24.3 Å². The molecule has 5 rings (SSSR count). The van der Waals surface area contributed by atoms with E-state index >= 15 is 0 Å². The number of halogens is 1. The second-order valence-corrected chi connectivity index (χ2v) is 13.2.